The monoisotopic (exact) mass is 387 g/mol. The summed E-state index contributed by atoms with van der Waals surface area (Å²) in [6, 6.07) is 13.2. The molecule has 0 bridgehead atoms. The molecule has 0 saturated heterocycles. The van der Waals surface area contributed by atoms with Crippen molar-refractivity contribution in [3.63, 3.8) is 0 Å². The molecule has 4 rings (SSSR count). The van der Waals surface area contributed by atoms with Crippen LogP contribution < -0.4 is 0 Å². The molecular weight excluding hydrogens is 371 g/mol. The average Bonchev–Trinajstić information content (AvgIpc) is 2.97. The zero-order valence-corrected chi connectivity index (χ0v) is 15.5. The van der Waals surface area contributed by atoms with Gasteiger partial charge in [-0.2, -0.15) is 13.2 Å². The maximum atomic E-state index is 13.0. The number of aromatic nitrogens is 3. The molecule has 2 aromatic carbocycles. The van der Waals surface area contributed by atoms with Crippen LogP contribution in [0.2, 0.25) is 0 Å². The molecule has 0 atom stereocenters. The summed E-state index contributed by atoms with van der Waals surface area (Å²) in [7, 11) is 1.78. The van der Waals surface area contributed by atoms with Crippen LogP contribution in [0.15, 0.2) is 53.6 Å². The number of fused-ring (bicyclic) bond motifs is 2. The minimum atomic E-state index is -4.44. The number of nitrogens with zero attached hydrogens (tertiary/aromatic N) is 3. The van der Waals surface area contributed by atoms with Crippen molar-refractivity contribution in [2.45, 2.75) is 18.0 Å². The topological polar surface area (TPSA) is 30.7 Å². The summed E-state index contributed by atoms with van der Waals surface area (Å²) >= 11 is 1.68. The second-order valence-corrected chi connectivity index (χ2v) is 7.49. The van der Waals surface area contributed by atoms with E-state index < -0.39 is 11.7 Å². The van der Waals surface area contributed by atoms with Crippen LogP contribution in [0.4, 0.5) is 13.2 Å². The maximum absolute atomic E-state index is 13.0. The second-order valence-electron chi connectivity index (χ2n) is 6.19. The standard InChI is InChI=1S/C20H16F3N3S/c1-3-27-17-9-13-7-5-4-6-12(13)8-15(17)18-25-16-10-14(20(21,22)23)11-24-19(16)26(18)2/h4-11H,3H2,1-2H3. The van der Waals surface area contributed by atoms with Crippen LogP contribution in [0.25, 0.3) is 33.3 Å². The molecule has 0 fully saturated rings. The number of halogens is 3. The number of aryl methyl sites for hydroxylation is 1. The molecular formula is C20H16F3N3S. The molecule has 0 aliphatic carbocycles. The van der Waals surface area contributed by atoms with E-state index in [4.69, 9.17) is 0 Å². The van der Waals surface area contributed by atoms with Gasteiger partial charge >= 0.3 is 6.18 Å². The van der Waals surface area contributed by atoms with E-state index in [1.54, 1.807) is 23.4 Å². The van der Waals surface area contributed by atoms with Gasteiger partial charge in [0, 0.05) is 23.7 Å². The minimum Gasteiger partial charge on any atom is -0.312 e. The van der Waals surface area contributed by atoms with Crippen LogP contribution in [-0.2, 0) is 13.2 Å². The van der Waals surface area contributed by atoms with Crippen LogP contribution in [0.3, 0.4) is 0 Å². The number of thioether (sulfide) groups is 1. The van der Waals surface area contributed by atoms with E-state index in [2.05, 4.69) is 23.0 Å². The van der Waals surface area contributed by atoms with Gasteiger partial charge in [0.25, 0.3) is 0 Å². The van der Waals surface area contributed by atoms with E-state index in [0.717, 1.165) is 39.2 Å². The van der Waals surface area contributed by atoms with Gasteiger partial charge < -0.3 is 4.57 Å². The molecule has 7 heteroatoms. The highest BCUT2D eigenvalue weighted by Gasteiger charge is 2.31. The van der Waals surface area contributed by atoms with Gasteiger partial charge in [-0.1, -0.05) is 31.2 Å². The van der Waals surface area contributed by atoms with Crippen molar-refractivity contribution in [1.29, 1.82) is 0 Å². The van der Waals surface area contributed by atoms with Crippen molar-refractivity contribution in [2.75, 3.05) is 5.75 Å². The number of rotatable bonds is 3. The summed E-state index contributed by atoms with van der Waals surface area (Å²) in [5.74, 6) is 1.49. The fourth-order valence-electron chi connectivity index (χ4n) is 3.14. The third-order valence-corrected chi connectivity index (χ3v) is 5.36. The molecule has 0 N–H and O–H groups in total. The Kier molecular flexibility index (Phi) is 4.34. The van der Waals surface area contributed by atoms with Gasteiger partial charge in [0.15, 0.2) is 5.65 Å². The van der Waals surface area contributed by atoms with Gasteiger partial charge in [0.05, 0.1) is 5.56 Å². The van der Waals surface area contributed by atoms with Crippen LogP contribution in [0.5, 0.6) is 0 Å². The summed E-state index contributed by atoms with van der Waals surface area (Å²) in [5.41, 5.74) is 0.775. The molecule has 138 valence electrons. The van der Waals surface area contributed by atoms with Crippen molar-refractivity contribution >= 4 is 33.7 Å². The Bertz CT molecular complexity index is 1150. The lowest BCUT2D eigenvalue weighted by Crippen LogP contribution is -2.05. The summed E-state index contributed by atoms with van der Waals surface area (Å²) in [4.78, 5) is 9.55. The van der Waals surface area contributed by atoms with Crippen molar-refractivity contribution < 1.29 is 13.2 Å². The second kappa shape index (κ2) is 6.56. The largest absolute Gasteiger partial charge is 0.417 e. The quantitative estimate of drug-likeness (QED) is 0.409. The Morgan fingerprint density at radius 1 is 1.07 bits per heavy atom. The van der Waals surface area contributed by atoms with Gasteiger partial charge in [-0.15, -0.1) is 11.8 Å². The van der Waals surface area contributed by atoms with E-state index in [1.807, 2.05) is 30.3 Å². The van der Waals surface area contributed by atoms with E-state index in [0.29, 0.717) is 11.5 Å². The summed E-state index contributed by atoms with van der Waals surface area (Å²) in [6.45, 7) is 2.07. The van der Waals surface area contributed by atoms with Crippen molar-refractivity contribution in [3.8, 4) is 11.4 Å². The molecule has 3 nitrogen and oxygen atoms in total. The zero-order valence-electron chi connectivity index (χ0n) is 14.7. The highest BCUT2D eigenvalue weighted by molar-refractivity contribution is 7.99. The smallest absolute Gasteiger partial charge is 0.312 e. The van der Waals surface area contributed by atoms with Gasteiger partial charge in [-0.3, -0.25) is 0 Å². The number of hydrogen-bond donors (Lipinski definition) is 0. The van der Waals surface area contributed by atoms with Crippen molar-refractivity contribution in [1.82, 2.24) is 14.5 Å². The first-order valence-corrected chi connectivity index (χ1v) is 9.42. The van der Waals surface area contributed by atoms with Gasteiger partial charge in [0.1, 0.15) is 11.3 Å². The first kappa shape index (κ1) is 17.9. The van der Waals surface area contributed by atoms with Gasteiger partial charge in [-0.25, -0.2) is 9.97 Å². The molecule has 2 aromatic heterocycles. The number of benzene rings is 2. The Hall–Kier alpha value is -2.54. The molecule has 0 aliphatic heterocycles. The highest BCUT2D eigenvalue weighted by atomic mass is 32.2. The number of pyridine rings is 1. The molecule has 27 heavy (non-hydrogen) atoms. The van der Waals surface area contributed by atoms with Crippen LogP contribution in [0, 0.1) is 0 Å². The first-order valence-electron chi connectivity index (χ1n) is 8.44. The Morgan fingerprint density at radius 3 is 2.44 bits per heavy atom. The van der Waals surface area contributed by atoms with E-state index in [1.165, 1.54) is 0 Å². The van der Waals surface area contributed by atoms with Gasteiger partial charge in [-0.05, 0) is 34.7 Å². The normalized spacial score (nSPS) is 12.2. The Balaban J connectivity index is 1.95. The molecule has 0 unspecified atom stereocenters. The highest BCUT2D eigenvalue weighted by Crippen LogP contribution is 2.36. The molecule has 0 amide bonds. The van der Waals surface area contributed by atoms with Crippen molar-refractivity contribution in [2.24, 2.45) is 7.05 Å². The van der Waals surface area contributed by atoms with Crippen LogP contribution >= 0.6 is 11.8 Å². The Morgan fingerprint density at radius 2 is 1.78 bits per heavy atom. The SMILES string of the molecule is CCSc1cc2ccccc2cc1-c1nc2cc(C(F)(F)F)cnc2n1C. The lowest BCUT2D eigenvalue weighted by Gasteiger charge is -2.11. The summed E-state index contributed by atoms with van der Waals surface area (Å²) < 4.78 is 40.8. The van der Waals surface area contributed by atoms with Crippen LogP contribution in [-0.4, -0.2) is 20.3 Å². The lowest BCUT2D eigenvalue weighted by atomic mass is 10.1. The minimum absolute atomic E-state index is 0.239. The summed E-state index contributed by atoms with van der Waals surface area (Å²) in [5, 5.41) is 2.18. The zero-order chi connectivity index (χ0) is 19.2. The van der Waals surface area contributed by atoms with Crippen molar-refractivity contribution in [3.05, 3.63) is 54.2 Å². The summed E-state index contributed by atoms with van der Waals surface area (Å²) in [6.07, 6.45) is -3.58. The maximum Gasteiger partial charge on any atom is 0.417 e. The van der Waals surface area contributed by atoms with Crippen LogP contribution in [0.1, 0.15) is 12.5 Å². The Labute approximate surface area is 158 Å². The molecule has 2 heterocycles. The third-order valence-electron chi connectivity index (χ3n) is 4.42. The molecule has 0 spiro atoms. The van der Waals surface area contributed by atoms with E-state index in [-0.39, 0.29) is 5.52 Å². The molecule has 4 aromatic rings. The number of hydrogen-bond acceptors (Lipinski definition) is 3. The fraction of sp³-hybridized carbons (Fsp3) is 0.200. The predicted molar refractivity (Wildman–Crippen MR) is 103 cm³/mol. The first-order chi connectivity index (χ1) is 12.9. The van der Waals surface area contributed by atoms with Gasteiger partial charge in [0.2, 0.25) is 0 Å². The number of imidazole rings is 1. The fourth-order valence-corrected chi connectivity index (χ4v) is 3.97. The average molecular weight is 387 g/mol. The molecule has 0 radical (unpaired) electrons. The number of alkyl halides is 3. The molecule has 0 saturated carbocycles. The van der Waals surface area contributed by atoms with E-state index >= 15 is 0 Å². The molecule has 0 aliphatic rings. The predicted octanol–water partition coefficient (Wildman–Crippen LogP) is 5.92. The van der Waals surface area contributed by atoms with E-state index in [9.17, 15) is 13.2 Å². The third kappa shape index (κ3) is 3.16. The lowest BCUT2D eigenvalue weighted by molar-refractivity contribution is -0.137.